The van der Waals surface area contributed by atoms with Gasteiger partial charge in [0.1, 0.15) is 0 Å². The van der Waals surface area contributed by atoms with E-state index in [1.807, 2.05) is 6.92 Å². The average Bonchev–Trinajstić information content (AvgIpc) is 2.10. The minimum absolute atomic E-state index is 0.0829. The van der Waals surface area contributed by atoms with Gasteiger partial charge in [-0.1, -0.05) is 45.4 Å². The van der Waals surface area contributed by atoms with Crippen molar-refractivity contribution in [3.63, 3.8) is 0 Å². The molecule has 86 valence electrons. The van der Waals surface area contributed by atoms with Crippen LogP contribution < -0.4 is 4.72 Å². The minimum Gasteiger partial charge on any atom is -0.760 e. The van der Waals surface area contributed by atoms with Gasteiger partial charge in [-0.15, -0.1) is 0 Å². The van der Waals surface area contributed by atoms with Crippen molar-refractivity contribution < 1.29 is 8.76 Å². The molecule has 0 bridgehead atoms. The monoisotopic (exact) mass is 220 g/mol. The summed E-state index contributed by atoms with van der Waals surface area (Å²) in [5, 5.41) is 0. The van der Waals surface area contributed by atoms with E-state index < -0.39 is 11.3 Å². The van der Waals surface area contributed by atoms with E-state index in [0.717, 1.165) is 12.8 Å². The van der Waals surface area contributed by atoms with Crippen LogP contribution >= 0.6 is 0 Å². The van der Waals surface area contributed by atoms with Crippen LogP contribution in [0.2, 0.25) is 0 Å². The summed E-state index contributed by atoms with van der Waals surface area (Å²) in [7, 11) is 0. The zero-order valence-corrected chi connectivity index (χ0v) is 10.1. The zero-order valence-electron chi connectivity index (χ0n) is 9.25. The Labute approximate surface area is 90.1 Å². The summed E-state index contributed by atoms with van der Waals surface area (Å²) in [5.41, 5.74) is 0. The SMILES string of the molecule is CCCCCCCCC(C)NS(=O)[O-]. The van der Waals surface area contributed by atoms with Gasteiger partial charge in [0.15, 0.2) is 0 Å². The highest BCUT2D eigenvalue weighted by atomic mass is 32.2. The molecule has 0 aromatic rings. The van der Waals surface area contributed by atoms with E-state index in [1.54, 1.807) is 0 Å². The van der Waals surface area contributed by atoms with Gasteiger partial charge in [-0.05, 0) is 13.3 Å². The third kappa shape index (κ3) is 10.2. The first-order valence-corrected chi connectivity index (χ1v) is 6.59. The first-order chi connectivity index (χ1) is 6.66. The van der Waals surface area contributed by atoms with Crippen molar-refractivity contribution >= 4 is 11.3 Å². The van der Waals surface area contributed by atoms with Gasteiger partial charge in [0, 0.05) is 17.3 Å². The van der Waals surface area contributed by atoms with Gasteiger partial charge in [-0.25, -0.2) is 4.72 Å². The molecule has 3 nitrogen and oxygen atoms in total. The molecule has 0 heterocycles. The van der Waals surface area contributed by atoms with E-state index in [2.05, 4.69) is 11.6 Å². The fraction of sp³-hybridized carbons (Fsp3) is 1.00. The Balaban J connectivity index is 3.14. The van der Waals surface area contributed by atoms with Crippen LogP contribution in [0.1, 0.15) is 58.8 Å². The topological polar surface area (TPSA) is 52.2 Å². The smallest absolute Gasteiger partial charge is 0.0183 e. The molecule has 0 aliphatic carbocycles. The summed E-state index contributed by atoms with van der Waals surface area (Å²) in [6.07, 6.45) is 8.46. The number of hydrogen-bond donors (Lipinski definition) is 1. The van der Waals surface area contributed by atoms with Crippen molar-refractivity contribution in [2.24, 2.45) is 0 Å². The van der Waals surface area contributed by atoms with Crippen molar-refractivity contribution in [3.05, 3.63) is 0 Å². The molecule has 0 aromatic heterocycles. The van der Waals surface area contributed by atoms with Crippen LogP contribution in [0.25, 0.3) is 0 Å². The Hall–Kier alpha value is 0.0700. The van der Waals surface area contributed by atoms with E-state index in [9.17, 15) is 8.76 Å². The van der Waals surface area contributed by atoms with Gasteiger partial charge < -0.3 is 4.55 Å². The minimum atomic E-state index is -2.11. The molecule has 0 saturated carbocycles. The summed E-state index contributed by atoms with van der Waals surface area (Å²) in [5.74, 6) is 0. The third-order valence-corrected chi connectivity index (χ3v) is 2.88. The molecule has 0 saturated heterocycles. The number of hydrogen-bond acceptors (Lipinski definition) is 2. The molecule has 0 spiro atoms. The predicted octanol–water partition coefficient (Wildman–Crippen LogP) is 2.51. The van der Waals surface area contributed by atoms with Gasteiger partial charge in [0.25, 0.3) is 0 Å². The highest BCUT2D eigenvalue weighted by Crippen LogP contribution is 2.08. The summed E-state index contributed by atoms with van der Waals surface area (Å²) in [6.45, 7) is 4.11. The third-order valence-electron chi connectivity index (χ3n) is 2.29. The van der Waals surface area contributed by atoms with E-state index in [4.69, 9.17) is 0 Å². The molecule has 0 amide bonds. The van der Waals surface area contributed by atoms with E-state index in [1.165, 1.54) is 32.1 Å². The molecule has 2 unspecified atom stereocenters. The number of rotatable bonds is 9. The molecule has 0 radical (unpaired) electrons. The Morgan fingerprint density at radius 1 is 1.21 bits per heavy atom. The second kappa shape index (κ2) is 9.62. The van der Waals surface area contributed by atoms with Crippen LogP contribution in [0.3, 0.4) is 0 Å². The largest absolute Gasteiger partial charge is 0.760 e. The second-order valence-corrected chi connectivity index (χ2v) is 4.52. The van der Waals surface area contributed by atoms with Crippen LogP contribution in [0, 0.1) is 0 Å². The molecule has 14 heavy (non-hydrogen) atoms. The molecule has 2 atom stereocenters. The Bertz CT molecular complexity index is 153. The first kappa shape index (κ1) is 14.1. The lowest BCUT2D eigenvalue weighted by atomic mass is 10.1. The van der Waals surface area contributed by atoms with Crippen molar-refractivity contribution in [2.45, 2.75) is 64.8 Å². The van der Waals surface area contributed by atoms with E-state index in [-0.39, 0.29) is 6.04 Å². The van der Waals surface area contributed by atoms with Crippen molar-refractivity contribution in [2.75, 3.05) is 0 Å². The summed E-state index contributed by atoms with van der Waals surface area (Å²) in [6, 6.07) is 0.0829. The molecular formula is C10H22NO2S-. The predicted molar refractivity (Wildman–Crippen MR) is 59.5 cm³/mol. The average molecular weight is 220 g/mol. The van der Waals surface area contributed by atoms with Gasteiger partial charge in [0.2, 0.25) is 0 Å². The first-order valence-electron chi connectivity index (χ1n) is 5.52. The molecule has 0 fully saturated rings. The van der Waals surface area contributed by atoms with E-state index in [0.29, 0.717) is 0 Å². The molecule has 4 heteroatoms. The van der Waals surface area contributed by atoms with Crippen LogP contribution in [0.15, 0.2) is 0 Å². The van der Waals surface area contributed by atoms with Gasteiger partial charge in [-0.2, -0.15) is 0 Å². The lowest BCUT2D eigenvalue weighted by molar-refractivity contribution is 0.487. The quantitative estimate of drug-likeness (QED) is 0.479. The maximum atomic E-state index is 10.3. The highest BCUT2D eigenvalue weighted by Gasteiger charge is 1.99. The maximum Gasteiger partial charge on any atom is 0.0183 e. The summed E-state index contributed by atoms with van der Waals surface area (Å²) < 4.78 is 23.0. The molecule has 0 rings (SSSR count). The van der Waals surface area contributed by atoms with Gasteiger partial charge in [0.05, 0.1) is 0 Å². The number of unbranched alkanes of at least 4 members (excludes halogenated alkanes) is 5. The fourth-order valence-corrected chi connectivity index (χ4v) is 1.90. The maximum absolute atomic E-state index is 10.3. The summed E-state index contributed by atoms with van der Waals surface area (Å²) in [4.78, 5) is 0. The van der Waals surface area contributed by atoms with Crippen LogP contribution in [-0.4, -0.2) is 14.8 Å². The molecule has 0 aromatic carbocycles. The Morgan fingerprint density at radius 2 is 1.79 bits per heavy atom. The van der Waals surface area contributed by atoms with Crippen LogP contribution in [0.5, 0.6) is 0 Å². The van der Waals surface area contributed by atoms with Crippen molar-refractivity contribution in [1.29, 1.82) is 0 Å². The molecular weight excluding hydrogens is 198 g/mol. The van der Waals surface area contributed by atoms with Gasteiger partial charge in [-0.3, -0.25) is 4.21 Å². The second-order valence-electron chi connectivity index (χ2n) is 3.81. The standard InChI is InChI=1S/C10H23NO2S/c1-3-4-5-6-7-8-9-10(2)11-14(12)13/h10-11H,3-9H2,1-2H3,(H,12,13)/p-1. The molecule has 0 aliphatic rings. The van der Waals surface area contributed by atoms with Gasteiger partial charge >= 0.3 is 0 Å². The highest BCUT2D eigenvalue weighted by molar-refractivity contribution is 7.77. The number of nitrogens with one attached hydrogen (secondary N) is 1. The normalized spacial score (nSPS) is 15.4. The van der Waals surface area contributed by atoms with Crippen LogP contribution in [-0.2, 0) is 11.3 Å². The Morgan fingerprint density at radius 3 is 2.36 bits per heavy atom. The van der Waals surface area contributed by atoms with Crippen molar-refractivity contribution in [1.82, 2.24) is 4.72 Å². The Kier molecular flexibility index (Phi) is 9.67. The van der Waals surface area contributed by atoms with Crippen molar-refractivity contribution in [3.8, 4) is 0 Å². The molecule has 1 N–H and O–H groups in total. The zero-order chi connectivity index (χ0) is 10.8. The lowest BCUT2D eigenvalue weighted by Crippen LogP contribution is -2.27. The summed E-state index contributed by atoms with van der Waals surface area (Å²) >= 11 is -2.11. The molecule has 0 aliphatic heterocycles. The lowest BCUT2D eigenvalue weighted by Gasteiger charge is -2.14. The van der Waals surface area contributed by atoms with Crippen LogP contribution in [0.4, 0.5) is 0 Å². The van der Waals surface area contributed by atoms with E-state index >= 15 is 0 Å². The fourth-order valence-electron chi connectivity index (χ4n) is 1.45.